The number of hydrogen-bond donors (Lipinski definition) is 2. The van der Waals surface area contributed by atoms with Crippen molar-refractivity contribution in [1.82, 2.24) is 20.2 Å². The van der Waals surface area contributed by atoms with Crippen molar-refractivity contribution < 1.29 is 4.79 Å². The van der Waals surface area contributed by atoms with Crippen LogP contribution in [0.5, 0.6) is 0 Å². The van der Waals surface area contributed by atoms with Gasteiger partial charge in [-0.25, -0.2) is 4.98 Å². The van der Waals surface area contributed by atoms with Crippen LogP contribution >= 0.6 is 0 Å². The van der Waals surface area contributed by atoms with Crippen LogP contribution in [-0.4, -0.2) is 34.1 Å². The zero-order valence-electron chi connectivity index (χ0n) is 10.2. The Hall–Kier alpha value is -1.36. The topological polar surface area (TPSA) is 59.0 Å². The summed E-state index contributed by atoms with van der Waals surface area (Å²) in [5.74, 6) is 0.139. The van der Waals surface area contributed by atoms with Gasteiger partial charge in [-0.15, -0.1) is 0 Å². The van der Waals surface area contributed by atoms with Crippen LogP contribution in [0.1, 0.15) is 26.2 Å². The third-order valence-corrected chi connectivity index (χ3v) is 3.06. The van der Waals surface area contributed by atoms with E-state index in [1.165, 1.54) is 0 Å². The monoisotopic (exact) mass is 236 g/mol. The maximum atomic E-state index is 11.8. The van der Waals surface area contributed by atoms with Crippen LogP contribution in [0, 0.1) is 0 Å². The fourth-order valence-electron chi connectivity index (χ4n) is 2.21. The first-order valence-electron chi connectivity index (χ1n) is 6.25. The fraction of sp³-hybridized carbons (Fsp3) is 0.667. The van der Waals surface area contributed by atoms with Crippen LogP contribution < -0.4 is 10.6 Å². The standard InChI is InChI=1S/C12H20N4O/c1-10(8-16-7-6-13-9-16)15-11-4-2-3-5-14-12(11)17/h6-7,9-11,15H,2-5,8H2,1H3,(H,14,17). The number of nitrogens with one attached hydrogen (secondary N) is 2. The van der Waals surface area contributed by atoms with Gasteiger partial charge in [0.05, 0.1) is 12.4 Å². The number of imidazole rings is 1. The lowest BCUT2D eigenvalue weighted by molar-refractivity contribution is -0.123. The molecule has 0 saturated carbocycles. The maximum absolute atomic E-state index is 11.8. The van der Waals surface area contributed by atoms with Crippen LogP contribution in [0.15, 0.2) is 18.7 Å². The minimum absolute atomic E-state index is 0.0454. The van der Waals surface area contributed by atoms with E-state index in [0.29, 0.717) is 0 Å². The molecule has 5 heteroatoms. The molecule has 94 valence electrons. The summed E-state index contributed by atoms with van der Waals surface area (Å²) in [5, 5.41) is 6.32. The van der Waals surface area contributed by atoms with Crippen molar-refractivity contribution in [2.75, 3.05) is 6.54 Å². The molecule has 17 heavy (non-hydrogen) atoms. The summed E-state index contributed by atoms with van der Waals surface area (Å²) in [6.07, 6.45) is 8.62. The zero-order valence-corrected chi connectivity index (χ0v) is 10.2. The first-order valence-corrected chi connectivity index (χ1v) is 6.25. The molecule has 1 saturated heterocycles. The van der Waals surface area contributed by atoms with E-state index in [1.807, 2.05) is 10.8 Å². The Labute approximate surface area is 102 Å². The Morgan fingerprint density at radius 2 is 2.53 bits per heavy atom. The van der Waals surface area contributed by atoms with Gasteiger partial charge in [0, 0.05) is 31.5 Å². The quantitative estimate of drug-likeness (QED) is 0.801. The molecule has 0 bridgehead atoms. The van der Waals surface area contributed by atoms with Gasteiger partial charge in [0.2, 0.25) is 5.91 Å². The van der Waals surface area contributed by atoms with Crippen molar-refractivity contribution in [3.8, 4) is 0 Å². The summed E-state index contributed by atoms with van der Waals surface area (Å²) < 4.78 is 2.02. The minimum Gasteiger partial charge on any atom is -0.355 e. The van der Waals surface area contributed by atoms with Crippen LogP contribution in [0.25, 0.3) is 0 Å². The van der Waals surface area contributed by atoms with Crippen molar-refractivity contribution in [1.29, 1.82) is 0 Å². The summed E-state index contributed by atoms with van der Waals surface area (Å²) in [7, 11) is 0. The Morgan fingerprint density at radius 3 is 3.29 bits per heavy atom. The van der Waals surface area contributed by atoms with Gasteiger partial charge in [0.15, 0.2) is 0 Å². The van der Waals surface area contributed by atoms with Gasteiger partial charge in [0.25, 0.3) is 0 Å². The SMILES string of the molecule is CC(Cn1ccnc1)NC1CCCCNC1=O. The smallest absolute Gasteiger partial charge is 0.237 e. The molecule has 1 aromatic heterocycles. The second kappa shape index (κ2) is 5.82. The van der Waals surface area contributed by atoms with Gasteiger partial charge in [0.1, 0.15) is 0 Å². The van der Waals surface area contributed by atoms with Crippen molar-refractivity contribution in [2.45, 2.75) is 44.8 Å². The summed E-state index contributed by atoms with van der Waals surface area (Å²) in [6.45, 7) is 3.74. The number of carbonyl (C=O) groups excluding carboxylic acids is 1. The van der Waals surface area contributed by atoms with Gasteiger partial charge in [-0.3, -0.25) is 4.79 Å². The molecular formula is C12H20N4O. The summed E-state index contributed by atoms with van der Waals surface area (Å²) in [6, 6.07) is 0.217. The lowest BCUT2D eigenvalue weighted by atomic mass is 10.1. The second-order valence-electron chi connectivity index (χ2n) is 4.67. The molecule has 5 nitrogen and oxygen atoms in total. The lowest BCUT2D eigenvalue weighted by Gasteiger charge is -2.21. The van der Waals surface area contributed by atoms with Gasteiger partial charge >= 0.3 is 0 Å². The largest absolute Gasteiger partial charge is 0.355 e. The molecule has 1 amide bonds. The van der Waals surface area contributed by atoms with Crippen LogP contribution in [0.4, 0.5) is 0 Å². The molecule has 0 radical (unpaired) electrons. The molecule has 1 aromatic rings. The molecule has 2 atom stereocenters. The van der Waals surface area contributed by atoms with E-state index in [1.54, 1.807) is 12.5 Å². The van der Waals surface area contributed by atoms with E-state index in [-0.39, 0.29) is 18.0 Å². The van der Waals surface area contributed by atoms with Gasteiger partial charge < -0.3 is 15.2 Å². The molecule has 0 aliphatic carbocycles. The minimum atomic E-state index is -0.0454. The van der Waals surface area contributed by atoms with E-state index < -0.39 is 0 Å². The average Bonchev–Trinajstić information content (AvgIpc) is 2.71. The van der Waals surface area contributed by atoms with Gasteiger partial charge in [-0.1, -0.05) is 0 Å². The van der Waals surface area contributed by atoms with Gasteiger partial charge in [-0.2, -0.15) is 0 Å². The van der Waals surface area contributed by atoms with Gasteiger partial charge in [-0.05, 0) is 26.2 Å². The van der Waals surface area contributed by atoms with E-state index in [9.17, 15) is 4.79 Å². The second-order valence-corrected chi connectivity index (χ2v) is 4.67. The third kappa shape index (κ3) is 3.56. The van der Waals surface area contributed by atoms with Crippen LogP contribution in [-0.2, 0) is 11.3 Å². The molecule has 2 unspecified atom stereocenters. The molecule has 2 heterocycles. The zero-order chi connectivity index (χ0) is 12.1. The number of carbonyl (C=O) groups is 1. The number of amides is 1. The van der Waals surface area contributed by atoms with Crippen molar-refractivity contribution in [3.05, 3.63) is 18.7 Å². The third-order valence-electron chi connectivity index (χ3n) is 3.06. The molecule has 2 rings (SSSR count). The molecular weight excluding hydrogens is 216 g/mol. The number of aromatic nitrogens is 2. The summed E-state index contributed by atoms with van der Waals surface area (Å²) >= 11 is 0. The average molecular weight is 236 g/mol. The highest BCUT2D eigenvalue weighted by Crippen LogP contribution is 2.06. The fourth-order valence-corrected chi connectivity index (χ4v) is 2.21. The molecule has 1 aliphatic heterocycles. The Bertz CT molecular complexity index is 349. The number of hydrogen-bond acceptors (Lipinski definition) is 3. The first kappa shape index (κ1) is 12.1. The predicted octanol–water partition coefficient (Wildman–Crippen LogP) is 0.530. The first-order chi connectivity index (χ1) is 8.25. The molecule has 0 aromatic carbocycles. The predicted molar refractivity (Wildman–Crippen MR) is 65.5 cm³/mol. The Kier molecular flexibility index (Phi) is 4.14. The molecule has 2 N–H and O–H groups in total. The number of rotatable bonds is 4. The maximum Gasteiger partial charge on any atom is 0.237 e. The Morgan fingerprint density at radius 1 is 1.65 bits per heavy atom. The number of nitrogens with zero attached hydrogens (tertiary/aromatic N) is 2. The van der Waals surface area contributed by atoms with E-state index >= 15 is 0 Å². The molecule has 1 fully saturated rings. The van der Waals surface area contributed by atoms with Crippen molar-refractivity contribution in [2.24, 2.45) is 0 Å². The highest BCUT2D eigenvalue weighted by Gasteiger charge is 2.21. The molecule has 0 spiro atoms. The van der Waals surface area contributed by atoms with Crippen LogP contribution in [0.3, 0.4) is 0 Å². The van der Waals surface area contributed by atoms with Crippen LogP contribution in [0.2, 0.25) is 0 Å². The van der Waals surface area contributed by atoms with Crippen molar-refractivity contribution >= 4 is 5.91 Å². The normalized spacial score (nSPS) is 22.9. The summed E-state index contributed by atoms with van der Waals surface area (Å²) in [4.78, 5) is 15.8. The highest BCUT2D eigenvalue weighted by atomic mass is 16.2. The van der Waals surface area contributed by atoms with E-state index in [0.717, 1.165) is 32.4 Å². The van der Waals surface area contributed by atoms with E-state index in [4.69, 9.17) is 0 Å². The van der Waals surface area contributed by atoms with E-state index in [2.05, 4.69) is 22.5 Å². The van der Waals surface area contributed by atoms with Crippen molar-refractivity contribution in [3.63, 3.8) is 0 Å². The highest BCUT2D eigenvalue weighted by molar-refractivity contribution is 5.81. The summed E-state index contributed by atoms with van der Waals surface area (Å²) in [5.41, 5.74) is 0. The Balaban J connectivity index is 1.84. The lowest BCUT2D eigenvalue weighted by Crippen LogP contribution is -2.47. The molecule has 1 aliphatic rings.